The molecular weight excluding hydrogens is 358 g/mol. The molecule has 3 rings (SSSR count). The van der Waals surface area contributed by atoms with E-state index in [4.69, 9.17) is 17.0 Å². The van der Waals surface area contributed by atoms with Crippen molar-refractivity contribution in [3.63, 3.8) is 0 Å². The molecule has 0 unspecified atom stereocenters. The van der Waals surface area contributed by atoms with E-state index in [0.29, 0.717) is 17.4 Å². The number of aromatic nitrogens is 1. The first-order valence-corrected chi connectivity index (χ1v) is 9.34. The average Bonchev–Trinajstić information content (AvgIpc) is 3.05. The summed E-state index contributed by atoms with van der Waals surface area (Å²) >= 11 is 5.42. The number of carbonyl (C=O) groups is 1. The zero-order valence-corrected chi connectivity index (χ0v) is 17.2. The van der Waals surface area contributed by atoms with Gasteiger partial charge in [-0.15, -0.1) is 0 Å². The highest BCUT2D eigenvalue weighted by Gasteiger charge is 2.32. The Morgan fingerprint density at radius 2 is 1.89 bits per heavy atom. The van der Waals surface area contributed by atoms with E-state index in [2.05, 4.69) is 22.9 Å². The Labute approximate surface area is 165 Å². The van der Waals surface area contributed by atoms with Gasteiger partial charge in [-0.2, -0.15) is 0 Å². The van der Waals surface area contributed by atoms with Gasteiger partial charge in [0.1, 0.15) is 5.70 Å². The molecule has 1 aliphatic rings. The minimum Gasteiger partial charge on any atom is -0.383 e. The molecular formula is C21H25N3O2S. The summed E-state index contributed by atoms with van der Waals surface area (Å²) in [7, 11) is 1.69. The molecule has 1 fully saturated rings. The van der Waals surface area contributed by atoms with Crippen LogP contribution in [0.5, 0.6) is 0 Å². The van der Waals surface area contributed by atoms with Crippen LogP contribution in [-0.2, 0) is 16.1 Å². The highest BCUT2D eigenvalue weighted by molar-refractivity contribution is 7.80. The van der Waals surface area contributed by atoms with E-state index in [1.807, 2.05) is 45.0 Å². The van der Waals surface area contributed by atoms with Gasteiger partial charge >= 0.3 is 0 Å². The van der Waals surface area contributed by atoms with E-state index >= 15 is 0 Å². The topological polar surface area (TPSA) is 46.5 Å². The van der Waals surface area contributed by atoms with Gasteiger partial charge in [-0.1, -0.05) is 6.07 Å². The fourth-order valence-corrected chi connectivity index (χ4v) is 3.59. The van der Waals surface area contributed by atoms with E-state index < -0.39 is 0 Å². The summed E-state index contributed by atoms with van der Waals surface area (Å²) in [6.07, 6.45) is 1.88. The maximum absolute atomic E-state index is 13.0. The molecule has 1 saturated heterocycles. The van der Waals surface area contributed by atoms with Crippen LogP contribution in [0.3, 0.4) is 0 Å². The van der Waals surface area contributed by atoms with Gasteiger partial charge in [-0.05, 0) is 80.9 Å². The molecule has 5 nitrogen and oxygen atoms in total. The van der Waals surface area contributed by atoms with Crippen molar-refractivity contribution in [2.75, 3.05) is 18.6 Å². The number of hydrogen-bond acceptors (Lipinski definition) is 3. The zero-order chi connectivity index (χ0) is 19.7. The lowest BCUT2D eigenvalue weighted by atomic mass is 10.1. The Kier molecular flexibility index (Phi) is 5.48. The van der Waals surface area contributed by atoms with E-state index in [1.165, 1.54) is 5.56 Å². The molecule has 6 heteroatoms. The Hall–Kier alpha value is -2.44. The predicted molar refractivity (Wildman–Crippen MR) is 113 cm³/mol. The van der Waals surface area contributed by atoms with Crippen molar-refractivity contribution in [2.45, 2.75) is 34.2 Å². The third kappa shape index (κ3) is 3.68. The van der Waals surface area contributed by atoms with E-state index in [-0.39, 0.29) is 5.91 Å². The maximum Gasteiger partial charge on any atom is 0.281 e. The predicted octanol–water partition coefficient (Wildman–Crippen LogP) is 3.63. The van der Waals surface area contributed by atoms with Crippen molar-refractivity contribution in [1.29, 1.82) is 0 Å². The van der Waals surface area contributed by atoms with Crippen LogP contribution in [0.2, 0.25) is 0 Å². The third-order valence-electron chi connectivity index (χ3n) is 5.06. The Morgan fingerprint density at radius 1 is 1.15 bits per heavy atom. The van der Waals surface area contributed by atoms with Gasteiger partial charge in [-0.3, -0.25) is 9.69 Å². The number of hydrogen-bond donors (Lipinski definition) is 1. The minimum absolute atomic E-state index is 0.134. The molecule has 2 heterocycles. The van der Waals surface area contributed by atoms with Crippen molar-refractivity contribution in [2.24, 2.45) is 0 Å². The van der Waals surface area contributed by atoms with Crippen LogP contribution in [0.4, 0.5) is 5.69 Å². The average molecular weight is 384 g/mol. The van der Waals surface area contributed by atoms with Gasteiger partial charge in [0.05, 0.1) is 12.3 Å². The number of amides is 1. The second kappa shape index (κ2) is 7.66. The summed E-state index contributed by atoms with van der Waals surface area (Å²) in [5.41, 5.74) is 6.83. The highest BCUT2D eigenvalue weighted by atomic mass is 32.1. The highest BCUT2D eigenvalue weighted by Crippen LogP contribution is 2.26. The molecule has 1 aliphatic heterocycles. The molecule has 27 heavy (non-hydrogen) atoms. The minimum atomic E-state index is -0.134. The standard InChI is InChI=1S/C21H25N3O2S/c1-13-6-7-18(10-14(13)2)24-20(25)19(22-21(24)27)12-17-11-15(3)23(16(17)4)8-9-26-5/h6-7,10-12H,8-9H2,1-5H3,(H,22,27)/b19-12-. The number of nitrogens with zero attached hydrogens (tertiary/aromatic N) is 2. The van der Waals surface area contributed by atoms with Crippen molar-refractivity contribution >= 4 is 35.0 Å². The van der Waals surface area contributed by atoms with Gasteiger partial charge in [-0.25, -0.2) is 0 Å². The van der Waals surface area contributed by atoms with Gasteiger partial charge < -0.3 is 14.6 Å². The SMILES string of the molecule is COCCn1c(C)cc(/C=C2\NC(=S)N(c3ccc(C)c(C)c3)C2=O)c1C. The molecule has 0 saturated carbocycles. The molecule has 0 bridgehead atoms. The monoisotopic (exact) mass is 383 g/mol. The first kappa shape index (κ1) is 19.3. The summed E-state index contributed by atoms with van der Waals surface area (Å²) in [4.78, 5) is 14.5. The largest absolute Gasteiger partial charge is 0.383 e. The smallest absolute Gasteiger partial charge is 0.281 e. The Bertz CT molecular complexity index is 943. The molecule has 0 aliphatic carbocycles. The maximum atomic E-state index is 13.0. The van der Waals surface area contributed by atoms with Crippen LogP contribution in [0, 0.1) is 27.7 Å². The summed E-state index contributed by atoms with van der Waals surface area (Å²) in [5, 5.41) is 3.47. The number of methoxy groups -OCH3 is 1. The molecule has 0 spiro atoms. The fraction of sp³-hybridized carbons (Fsp3) is 0.333. The molecule has 1 N–H and O–H groups in total. The zero-order valence-electron chi connectivity index (χ0n) is 16.4. The molecule has 1 amide bonds. The quantitative estimate of drug-likeness (QED) is 0.633. The number of anilines is 1. The van der Waals surface area contributed by atoms with Crippen LogP contribution in [-0.4, -0.2) is 29.3 Å². The number of nitrogens with one attached hydrogen (secondary N) is 1. The molecule has 2 aromatic rings. The fourth-order valence-electron chi connectivity index (χ4n) is 3.29. The lowest BCUT2D eigenvalue weighted by Gasteiger charge is -2.15. The first-order chi connectivity index (χ1) is 12.8. The van der Waals surface area contributed by atoms with E-state index in [1.54, 1.807) is 12.0 Å². The second-order valence-corrected chi connectivity index (χ2v) is 7.25. The number of rotatable bonds is 5. The normalized spacial score (nSPS) is 15.7. The van der Waals surface area contributed by atoms with Crippen LogP contribution in [0.15, 0.2) is 30.0 Å². The first-order valence-electron chi connectivity index (χ1n) is 8.93. The van der Waals surface area contributed by atoms with E-state index in [9.17, 15) is 4.79 Å². The Morgan fingerprint density at radius 3 is 2.56 bits per heavy atom. The van der Waals surface area contributed by atoms with Crippen molar-refractivity contribution < 1.29 is 9.53 Å². The van der Waals surface area contributed by atoms with Crippen molar-refractivity contribution in [3.05, 3.63) is 58.0 Å². The summed E-state index contributed by atoms with van der Waals surface area (Å²) in [6, 6.07) is 7.99. The summed E-state index contributed by atoms with van der Waals surface area (Å²) in [6.45, 7) is 9.61. The van der Waals surface area contributed by atoms with Crippen LogP contribution in [0.25, 0.3) is 6.08 Å². The van der Waals surface area contributed by atoms with Gasteiger partial charge in [0.15, 0.2) is 5.11 Å². The number of benzene rings is 1. The Balaban J connectivity index is 1.92. The van der Waals surface area contributed by atoms with Crippen molar-refractivity contribution in [3.8, 4) is 0 Å². The van der Waals surface area contributed by atoms with Crippen molar-refractivity contribution in [1.82, 2.24) is 9.88 Å². The van der Waals surface area contributed by atoms with Gasteiger partial charge in [0, 0.05) is 25.0 Å². The number of thiocarbonyl (C=S) groups is 1. The van der Waals surface area contributed by atoms with Crippen LogP contribution in [0.1, 0.15) is 28.1 Å². The number of ether oxygens (including phenoxy) is 1. The lowest BCUT2D eigenvalue weighted by Crippen LogP contribution is -2.30. The number of carbonyl (C=O) groups excluding carboxylic acids is 1. The van der Waals surface area contributed by atoms with Crippen LogP contribution < -0.4 is 10.2 Å². The van der Waals surface area contributed by atoms with E-state index in [0.717, 1.165) is 34.7 Å². The molecule has 142 valence electrons. The molecule has 1 aromatic heterocycles. The van der Waals surface area contributed by atoms with Gasteiger partial charge in [0.25, 0.3) is 5.91 Å². The summed E-state index contributed by atoms with van der Waals surface area (Å²) < 4.78 is 7.37. The lowest BCUT2D eigenvalue weighted by molar-refractivity contribution is -0.113. The third-order valence-corrected chi connectivity index (χ3v) is 5.34. The second-order valence-electron chi connectivity index (χ2n) is 6.87. The van der Waals surface area contributed by atoms with Gasteiger partial charge in [0.2, 0.25) is 0 Å². The molecule has 1 aromatic carbocycles. The molecule has 0 radical (unpaired) electrons. The number of aryl methyl sites for hydroxylation is 3. The molecule has 0 atom stereocenters. The van der Waals surface area contributed by atoms with Crippen LogP contribution >= 0.6 is 12.2 Å². The summed E-state index contributed by atoms with van der Waals surface area (Å²) in [5.74, 6) is -0.134.